The van der Waals surface area contributed by atoms with Crippen LogP contribution in [0.25, 0.3) is 0 Å². The highest BCUT2D eigenvalue weighted by atomic mass is 32.2. The maximum atomic E-state index is 13.4. The summed E-state index contributed by atoms with van der Waals surface area (Å²) in [5.41, 5.74) is 0.897. The van der Waals surface area contributed by atoms with Crippen molar-refractivity contribution in [2.24, 2.45) is 5.14 Å². The molecule has 2 aromatic carbocycles. The molecule has 94 valence electrons. The number of halogens is 1. The second-order valence-corrected chi connectivity index (χ2v) is 5.24. The molecule has 4 nitrogen and oxygen atoms in total. The SMILES string of the molecule is NS(=O)(=O)c1ccc(Nc2ccccc2F)cc1. The van der Waals surface area contributed by atoms with Gasteiger partial charge in [-0.25, -0.2) is 17.9 Å². The number of hydrogen-bond acceptors (Lipinski definition) is 3. The summed E-state index contributed by atoms with van der Waals surface area (Å²) in [5, 5.41) is 7.82. The van der Waals surface area contributed by atoms with E-state index in [1.54, 1.807) is 18.2 Å². The normalized spacial score (nSPS) is 11.2. The molecule has 0 amide bonds. The van der Waals surface area contributed by atoms with E-state index in [0.717, 1.165) is 0 Å². The monoisotopic (exact) mass is 266 g/mol. The van der Waals surface area contributed by atoms with Gasteiger partial charge in [0.1, 0.15) is 5.82 Å². The molecule has 0 unspecified atom stereocenters. The quantitative estimate of drug-likeness (QED) is 0.894. The number of nitrogens with two attached hydrogens (primary N) is 1. The van der Waals surface area contributed by atoms with Crippen molar-refractivity contribution >= 4 is 21.4 Å². The number of rotatable bonds is 3. The zero-order chi connectivity index (χ0) is 13.2. The molecule has 0 aliphatic rings. The van der Waals surface area contributed by atoms with Crippen molar-refractivity contribution in [2.75, 3.05) is 5.32 Å². The topological polar surface area (TPSA) is 72.2 Å². The van der Waals surface area contributed by atoms with E-state index in [2.05, 4.69) is 5.32 Å². The van der Waals surface area contributed by atoms with Gasteiger partial charge in [-0.15, -0.1) is 0 Å². The maximum absolute atomic E-state index is 13.4. The van der Waals surface area contributed by atoms with Crippen molar-refractivity contribution < 1.29 is 12.8 Å². The fourth-order valence-corrected chi connectivity index (χ4v) is 1.96. The Kier molecular flexibility index (Phi) is 3.31. The summed E-state index contributed by atoms with van der Waals surface area (Å²) in [7, 11) is -3.70. The van der Waals surface area contributed by atoms with Gasteiger partial charge in [-0.3, -0.25) is 0 Å². The molecule has 0 aliphatic heterocycles. The largest absolute Gasteiger partial charge is 0.353 e. The summed E-state index contributed by atoms with van der Waals surface area (Å²) >= 11 is 0. The van der Waals surface area contributed by atoms with Gasteiger partial charge in [-0.1, -0.05) is 12.1 Å². The molecule has 0 atom stereocenters. The average Bonchev–Trinajstić information content (AvgIpc) is 2.32. The van der Waals surface area contributed by atoms with E-state index in [1.165, 1.54) is 30.3 Å². The first-order valence-electron chi connectivity index (χ1n) is 5.11. The van der Waals surface area contributed by atoms with Crippen LogP contribution in [0.4, 0.5) is 15.8 Å². The van der Waals surface area contributed by atoms with Crippen LogP contribution in [0, 0.1) is 5.82 Å². The third kappa shape index (κ3) is 2.85. The Labute approximate surface area is 104 Å². The van der Waals surface area contributed by atoms with Crippen LogP contribution >= 0.6 is 0 Å². The molecule has 0 spiro atoms. The summed E-state index contributed by atoms with van der Waals surface area (Å²) in [6.07, 6.45) is 0. The standard InChI is InChI=1S/C12H11FN2O2S/c13-11-3-1-2-4-12(11)15-9-5-7-10(8-6-9)18(14,16)17/h1-8,15H,(H2,14,16,17). The van der Waals surface area contributed by atoms with Gasteiger partial charge in [0, 0.05) is 5.69 Å². The lowest BCUT2D eigenvalue weighted by Gasteiger charge is -2.07. The van der Waals surface area contributed by atoms with Gasteiger partial charge in [0.05, 0.1) is 10.6 Å². The minimum Gasteiger partial charge on any atom is -0.353 e. The fourth-order valence-electron chi connectivity index (χ4n) is 1.45. The van der Waals surface area contributed by atoms with Gasteiger partial charge in [0.25, 0.3) is 0 Å². The highest BCUT2D eigenvalue weighted by Gasteiger charge is 2.07. The lowest BCUT2D eigenvalue weighted by molar-refractivity contribution is 0.598. The Morgan fingerprint density at radius 3 is 2.17 bits per heavy atom. The third-order valence-electron chi connectivity index (χ3n) is 2.34. The molecule has 0 aromatic heterocycles. The molecular weight excluding hydrogens is 255 g/mol. The Hall–Kier alpha value is -1.92. The second kappa shape index (κ2) is 4.75. The molecule has 2 rings (SSSR count). The van der Waals surface area contributed by atoms with Gasteiger partial charge < -0.3 is 5.32 Å². The predicted molar refractivity (Wildman–Crippen MR) is 67.5 cm³/mol. The summed E-state index contributed by atoms with van der Waals surface area (Å²) in [6, 6.07) is 12.0. The van der Waals surface area contributed by atoms with Gasteiger partial charge in [0.2, 0.25) is 10.0 Å². The molecule has 2 aromatic rings. The van der Waals surface area contributed by atoms with E-state index in [0.29, 0.717) is 11.4 Å². The van der Waals surface area contributed by atoms with Crippen LogP contribution in [-0.2, 0) is 10.0 Å². The van der Waals surface area contributed by atoms with Crippen LogP contribution in [0.5, 0.6) is 0 Å². The smallest absolute Gasteiger partial charge is 0.238 e. The average molecular weight is 266 g/mol. The Morgan fingerprint density at radius 2 is 1.61 bits per heavy atom. The molecule has 0 saturated heterocycles. The molecule has 0 heterocycles. The molecule has 6 heteroatoms. The van der Waals surface area contributed by atoms with Crippen LogP contribution in [0.15, 0.2) is 53.4 Å². The van der Waals surface area contributed by atoms with Crippen molar-refractivity contribution in [3.8, 4) is 0 Å². The van der Waals surface area contributed by atoms with Crippen LogP contribution in [-0.4, -0.2) is 8.42 Å². The van der Waals surface area contributed by atoms with Crippen LogP contribution in [0.2, 0.25) is 0 Å². The van der Waals surface area contributed by atoms with Crippen molar-refractivity contribution in [1.82, 2.24) is 0 Å². The first-order chi connectivity index (χ1) is 8.47. The molecule has 0 bridgehead atoms. The highest BCUT2D eigenvalue weighted by molar-refractivity contribution is 7.89. The van der Waals surface area contributed by atoms with Crippen molar-refractivity contribution in [1.29, 1.82) is 0 Å². The zero-order valence-electron chi connectivity index (χ0n) is 9.30. The van der Waals surface area contributed by atoms with Gasteiger partial charge in [0.15, 0.2) is 0 Å². The highest BCUT2D eigenvalue weighted by Crippen LogP contribution is 2.20. The summed E-state index contributed by atoms with van der Waals surface area (Å²) in [4.78, 5) is 0.0154. The molecule has 0 saturated carbocycles. The lowest BCUT2D eigenvalue weighted by Crippen LogP contribution is -2.11. The summed E-state index contributed by atoms with van der Waals surface area (Å²) in [5.74, 6) is -0.381. The van der Waals surface area contributed by atoms with E-state index < -0.39 is 10.0 Å². The number of primary sulfonamides is 1. The fraction of sp³-hybridized carbons (Fsp3) is 0. The number of benzene rings is 2. The summed E-state index contributed by atoms with van der Waals surface area (Å²) < 4.78 is 35.5. The maximum Gasteiger partial charge on any atom is 0.238 e. The first kappa shape index (κ1) is 12.5. The van der Waals surface area contributed by atoms with E-state index >= 15 is 0 Å². The Morgan fingerprint density at radius 1 is 1.00 bits per heavy atom. The van der Waals surface area contributed by atoms with Crippen LogP contribution in [0.1, 0.15) is 0 Å². The number of hydrogen-bond donors (Lipinski definition) is 2. The zero-order valence-corrected chi connectivity index (χ0v) is 10.1. The van der Waals surface area contributed by atoms with Crippen molar-refractivity contribution in [3.05, 3.63) is 54.3 Å². The van der Waals surface area contributed by atoms with Crippen molar-refractivity contribution in [3.63, 3.8) is 0 Å². The molecule has 0 aliphatic carbocycles. The van der Waals surface area contributed by atoms with E-state index in [-0.39, 0.29) is 10.7 Å². The number of sulfonamides is 1. The molecule has 0 fully saturated rings. The molecule has 18 heavy (non-hydrogen) atoms. The Balaban J connectivity index is 2.24. The second-order valence-electron chi connectivity index (χ2n) is 3.67. The van der Waals surface area contributed by atoms with E-state index in [9.17, 15) is 12.8 Å². The Bertz CT molecular complexity index is 654. The van der Waals surface area contributed by atoms with Gasteiger partial charge in [-0.05, 0) is 36.4 Å². The van der Waals surface area contributed by atoms with E-state index in [4.69, 9.17) is 5.14 Å². The van der Waals surface area contributed by atoms with Gasteiger partial charge in [-0.2, -0.15) is 0 Å². The number of anilines is 2. The van der Waals surface area contributed by atoms with E-state index in [1.807, 2.05) is 0 Å². The van der Waals surface area contributed by atoms with Crippen LogP contribution in [0.3, 0.4) is 0 Å². The summed E-state index contributed by atoms with van der Waals surface area (Å²) in [6.45, 7) is 0. The number of nitrogens with one attached hydrogen (secondary N) is 1. The van der Waals surface area contributed by atoms with Gasteiger partial charge >= 0.3 is 0 Å². The van der Waals surface area contributed by atoms with Crippen molar-refractivity contribution in [2.45, 2.75) is 4.90 Å². The lowest BCUT2D eigenvalue weighted by atomic mass is 10.2. The molecule has 3 N–H and O–H groups in total. The minimum atomic E-state index is -3.70. The third-order valence-corrected chi connectivity index (χ3v) is 3.26. The molecular formula is C12H11FN2O2S. The van der Waals surface area contributed by atoms with Crippen LogP contribution < -0.4 is 10.5 Å². The predicted octanol–water partition coefficient (Wildman–Crippen LogP) is 2.22. The molecule has 0 radical (unpaired) electrons. The number of para-hydroxylation sites is 1. The minimum absolute atomic E-state index is 0.0154. The first-order valence-corrected chi connectivity index (χ1v) is 6.66.